The fraction of sp³-hybridized carbons (Fsp3) is 0.154. The molecule has 0 fully saturated rings. The molecule has 0 radical (unpaired) electrons. The molecule has 0 N–H and O–H groups in total. The summed E-state index contributed by atoms with van der Waals surface area (Å²) in [6.45, 7) is 8.00. The molecule has 4 rings (SSSR count). The minimum absolute atomic E-state index is 0.884. The minimum Gasteiger partial charge on any atom is -0.254 e. The molecular formula is C26H28N2. The van der Waals surface area contributed by atoms with Crippen LogP contribution in [-0.4, -0.2) is 9.97 Å². The van der Waals surface area contributed by atoms with E-state index in [-0.39, 0.29) is 0 Å². The Labute approximate surface area is 169 Å². The van der Waals surface area contributed by atoms with Gasteiger partial charge >= 0.3 is 0 Å². The molecule has 2 aromatic carbocycles. The van der Waals surface area contributed by atoms with Crippen LogP contribution in [-0.2, 0) is 0 Å². The third kappa shape index (κ3) is 5.37. The quantitative estimate of drug-likeness (QED) is 0.373. The van der Waals surface area contributed by atoms with Gasteiger partial charge in [0, 0.05) is 23.5 Å². The maximum absolute atomic E-state index is 4.57. The van der Waals surface area contributed by atoms with Gasteiger partial charge in [0.2, 0.25) is 0 Å². The molecule has 0 bridgehead atoms. The van der Waals surface area contributed by atoms with Gasteiger partial charge < -0.3 is 0 Å². The minimum atomic E-state index is 0.884. The maximum Gasteiger partial charge on any atom is 0.0886 e. The van der Waals surface area contributed by atoms with Crippen molar-refractivity contribution in [2.45, 2.75) is 27.7 Å². The van der Waals surface area contributed by atoms with Crippen molar-refractivity contribution in [3.8, 4) is 33.6 Å². The summed E-state index contributed by atoms with van der Waals surface area (Å²) in [6.07, 6.45) is 3.80. The molecule has 2 heteroatoms. The average molecular weight is 369 g/mol. The normalized spacial score (nSPS) is 9.43. The van der Waals surface area contributed by atoms with Crippen LogP contribution in [0.15, 0.2) is 97.3 Å². The number of pyridine rings is 2. The summed E-state index contributed by atoms with van der Waals surface area (Å²) in [5.74, 6) is 0. The zero-order chi connectivity index (χ0) is 20.2. The Balaban J connectivity index is 0.000000660. The van der Waals surface area contributed by atoms with Gasteiger partial charge in [0.25, 0.3) is 0 Å². The molecule has 2 aromatic heterocycles. The third-order valence-electron chi connectivity index (χ3n) is 4.00. The van der Waals surface area contributed by atoms with Crippen LogP contribution in [0.4, 0.5) is 0 Å². The van der Waals surface area contributed by atoms with Crippen molar-refractivity contribution in [3.63, 3.8) is 0 Å². The molecular weight excluding hydrogens is 340 g/mol. The van der Waals surface area contributed by atoms with Gasteiger partial charge in [-0.25, -0.2) is 0 Å². The van der Waals surface area contributed by atoms with Gasteiger partial charge in [-0.2, -0.15) is 0 Å². The van der Waals surface area contributed by atoms with Crippen molar-refractivity contribution in [2.24, 2.45) is 0 Å². The Bertz CT molecular complexity index is 832. The van der Waals surface area contributed by atoms with Crippen LogP contribution in [0, 0.1) is 0 Å². The molecule has 4 aromatic rings. The Hall–Kier alpha value is -3.26. The zero-order valence-corrected chi connectivity index (χ0v) is 17.1. The van der Waals surface area contributed by atoms with Crippen molar-refractivity contribution in [1.29, 1.82) is 0 Å². The summed E-state index contributed by atoms with van der Waals surface area (Å²) in [5.41, 5.74) is 6.33. The van der Waals surface area contributed by atoms with E-state index in [1.165, 1.54) is 11.1 Å². The van der Waals surface area contributed by atoms with Crippen LogP contribution >= 0.6 is 0 Å². The van der Waals surface area contributed by atoms with Gasteiger partial charge in [-0.3, -0.25) is 9.97 Å². The highest BCUT2D eigenvalue weighted by Gasteiger charge is 2.04. The first-order chi connectivity index (χ1) is 13.9. The van der Waals surface area contributed by atoms with Crippen LogP contribution in [0.1, 0.15) is 27.7 Å². The first-order valence-electron chi connectivity index (χ1n) is 9.93. The number of hydrogen-bond donors (Lipinski definition) is 0. The Morgan fingerprint density at radius 2 is 0.750 bits per heavy atom. The second-order valence-electron chi connectivity index (χ2n) is 5.60. The first kappa shape index (κ1) is 21.0. The fourth-order valence-electron chi connectivity index (χ4n) is 2.69. The standard InChI is InChI=1S/C22H16N2.2C2H6/c1-3-7-17(8-4-1)19-11-13-21(23-15-19)22-14-12-20(16-24-22)18-9-5-2-6-10-18;2*1-2/h1-16H;2*1-2H3. The highest BCUT2D eigenvalue weighted by molar-refractivity contribution is 5.67. The lowest BCUT2D eigenvalue weighted by molar-refractivity contribution is 1.25. The number of benzene rings is 2. The smallest absolute Gasteiger partial charge is 0.0886 e. The van der Waals surface area contributed by atoms with Crippen LogP contribution in [0.5, 0.6) is 0 Å². The molecule has 2 heterocycles. The van der Waals surface area contributed by atoms with Crippen LogP contribution < -0.4 is 0 Å². The summed E-state index contributed by atoms with van der Waals surface area (Å²) in [5, 5.41) is 0. The van der Waals surface area contributed by atoms with E-state index in [9.17, 15) is 0 Å². The molecule has 0 atom stereocenters. The van der Waals surface area contributed by atoms with Crippen molar-refractivity contribution >= 4 is 0 Å². The third-order valence-corrected chi connectivity index (χ3v) is 4.00. The van der Waals surface area contributed by atoms with E-state index < -0.39 is 0 Å². The lowest BCUT2D eigenvalue weighted by Gasteiger charge is -2.05. The lowest BCUT2D eigenvalue weighted by Crippen LogP contribution is -1.89. The van der Waals surface area contributed by atoms with E-state index in [4.69, 9.17) is 0 Å². The van der Waals surface area contributed by atoms with Crippen molar-refractivity contribution in [2.75, 3.05) is 0 Å². The molecule has 0 saturated heterocycles. The summed E-state index contributed by atoms with van der Waals surface area (Å²) in [6, 6.07) is 28.7. The highest BCUT2D eigenvalue weighted by atomic mass is 14.8. The summed E-state index contributed by atoms with van der Waals surface area (Å²) >= 11 is 0. The number of hydrogen-bond acceptors (Lipinski definition) is 2. The largest absolute Gasteiger partial charge is 0.254 e. The zero-order valence-electron chi connectivity index (χ0n) is 17.1. The second-order valence-corrected chi connectivity index (χ2v) is 5.60. The molecule has 0 amide bonds. The van der Waals surface area contributed by atoms with Gasteiger partial charge in [0.05, 0.1) is 11.4 Å². The van der Waals surface area contributed by atoms with Gasteiger partial charge in [-0.15, -0.1) is 0 Å². The number of nitrogens with zero attached hydrogens (tertiary/aromatic N) is 2. The van der Waals surface area contributed by atoms with Crippen molar-refractivity contribution < 1.29 is 0 Å². The molecule has 2 nitrogen and oxygen atoms in total. The SMILES string of the molecule is CC.CC.c1ccc(-c2ccc(-c3ccc(-c4ccccc4)cn3)nc2)cc1. The molecule has 0 unspecified atom stereocenters. The second kappa shape index (κ2) is 11.5. The van der Waals surface area contributed by atoms with Gasteiger partial charge in [0.15, 0.2) is 0 Å². The topological polar surface area (TPSA) is 25.8 Å². The van der Waals surface area contributed by atoms with Gasteiger partial charge in [0.1, 0.15) is 0 Å². The van der Waals surface area contributed by atoms with Crippen LogP contribution in [0.2, 0.25) is 0 Å². The Kier molecular flexibility index (Phi) is 8.61. The van der Waals surface area contributed by atoms with Gasteiger partial charge in [-0.05, 0) is 23.3 Å². The molecule has 0 aliphatic carbocycles. The fourth-order valence-corrected chi connectivity index (χ4v) is 2.69. The molecule has 28 heavy (non-hydrogen) atoms. The number of aromatic nitrogens is 2. The highest BCUT2D eigenvalue weighted by Crippen LogP contribution is 2.23. The van der Waals surface area contributed by atoms with Crippen molar-refractivity contribution in [1.82, 2.24) is 9.97 Å². The van der Waals surface area contributed by atoms with E-state index in [1.807, 2.05) is 88.6 Å². The van der Waals surface area contributed by atoms with E-state index in [1.54, 1.807) is 0 Å². The van der Waals surface area contributed by atoms with E-state index in [0.717, 1.165) is 22.5 Å². The predicted molar refractivity (Wildman–Crippen MR) is 121 cm³/mol. The maximum atomic E-state index is 4.57. The Morgan fingerprint density at radius 1 is 0.393 bits per heavy atom. The van der Waals surface area contributed by atoms with Crippen LogP contribution in [0.25, 0.3) is 33.6 Å². The molecule has 0 aliphatic heterocycles. The Morgan fingerprint density at radius 3 is 1.04 bits per heavy atom. The van der Waals surface area contributed by atoms with E-state index >= 15 is 0 Å². The predicted octanol–water partition coefficient (Wildman–Crippen LogP) is 7.53. The lowest BCUT2D eigenvalue weighted by atomic mass is 10.1. The summed E-state index contributed by atoms with van der Waals surface area (Å²) in [4.78, 5) is 9.13. The number of rotatable bonds is 3. The monoisotopic (exact) mass is 368 g/mol. The first-order valence-corrected chi connectivity index (χ1v) is 9.93. The molecule has 0 saturated carbocycles. The van der Waals surface area contributed by atoms with E-state index in [2.05, 4.69) is 46.4 Å². The van der Waals surface area contributed by atoms with Crippen LogP contribution in [0.3, 0.4) is 0 Å². The van der Waals surface area contributed by atoms with Gasteiger partial charge in [-0.1, -0.05) is 100 Å². The molecule has 0 spiro atoms. The van der Waals surface area contributed by atoms with Crippen molar-refractivity contribution in [3.05, 3.63) is 97.3 Å². The molecule has 142 valence electrons. The summed E-state index contributed by atoms with van der Waals surface area (Å²) in [7, 11) is 0. The molecule has 0 aliphatic rings. The average Bonchev–Trinajstić information content (AvgIpc) is 2.83. The summed E-state index contributed by atoms with van der Waals surface area (Å²) < 4.78 is 0. The van der Waals surface area contributed by atoms with E-state index in [0.29, 0.717) is 0 Å².